The van der Waals surface area contributed by atoms with E-state index in [2.05, 4.69) is 0 Å². The topological polar surface area (TPSA) is 162 Å². The van der Waals surface area contributed by atoms with Gasteiger partial charge in [0.2, 0.25) is 5.91 Å². The van der Waals surface area contributed by atoms with E-state index >= 15 is 0 Å². The molecule has 0 saturated carbocycles. The van der Waals surface area contributed by atoms with Crippen LogP contribution in [0.25, 0.3) is 0 Å². The van der Waals surface area contributed by atoms with Crippen molar-refractivity contribution in [3.8, 4) is 0 Å². The Morgan fingerprint density at radius 3 is 2.37 bits per heavy atom. The van der Waals surface area contributed by atoms with Crippen molar-refractivity contribution in [2.75, 3.05) is 24.7 Å². The predicted molar refractivity (Wildman–Crippen MR) is 71.5 cm³/mol. The Balaban J connectivity index is 3.52. The Labute approximate surface area is 115 Å². The summed E-state index contributed by atoms with van der Waals surface area (Å²) in [6.45, 7) is -0.0000869. The van der Waals surface area contributed by atoms with Gasteiger partial charge in [0, 0.05) is 5.75 Å². The minimum atomic E-state index is -1.04. The summed E-state index contributed by atoms with van der Waals surface area (Å²) >= 11 is 1.38. The van der Waals surface area contributed by atoms with E-state index in [1.54, 1.807) is 0 Å². The summed E-state index contributed by atoms with van der Waals surface area (Å²) in [5, 5.41) is 18.1. The van der Waals surface area contributed by atoms with E-state index in [4.69, 9.17) is 27.0 Å². The fourth-order valence-corrected chi connectivity index (χ4v) is 1.97. The molecule has 3 atom stereocenters. The van der Waals surface area contributed by atoms with E-state index in [0.717, 1.165) is 0 Å². The highest BCUT2D eigenvalue weighted by Crippen LogP contribution is 2.07. The number of hydrogen-bond donors (Lipinski definition) is 5. The van der Waals surface area contributed by atoms with E-state index in [9.17, 15) is 14.7 Å². The van der Waals surface area contributed by atoms with Crippen molar-refractivity contribution in [1.29, 1.82) is 0 Å². The summed E-state index contributed by atoms with van der Waals surface area (Å²) in [4.78, 5) is 21.0. The number of ether oxygens (including phenoxy) is 1. The molecule has 8 N–H and O–H groups in total. The molecule has 0 saturated heterocycles. The van der Waals surface area contributed by atoms with Gasteiger partial charge in [0.1, 0.15) is 12.1 Å². The number of primary amides is 1. The van der Waals surface area contributed by atoms with Gasteiger partial charge in [0.25, 0.3) is 0 Å². The van der Waals surface area contributed by atoms with Crippen LogP contribution in [0.2, 0.25) is 0 Å². The lowest BCUT2D eigenvalue weighted by molar-refractivity contribution is -0.138. The van der Waals surface area contributed by atoms with Crippen LogP contribution in [0.15, 0.2) is 0 Å². The molecule has 0 rings (SSSR count). The normalized spacial score (nSPS) is 15.7. The van der Waals surface area contributed by atoms with E-state index in [1.807, 2.05) is 0 Å². The first-order valence-corrected chi connectivity index (χ1v) is 6.87. The second kappa shape index (κ2) is 9.98. The van der Waals surface area contributed by atoms with Gasteiger partial charge in [-0.2, -0.15) is 11.8 Å². The number of rotatable bonds is 11. The van der Waals surface area contributed by atoms with Crippen molar-refractivity contribution < 1.29 is 24.5 Å². The molecule has 8 nitrogen and oxygen atoms in total. The van der Waals surface area contributed by atoms with Crippen molar-refractivity contribution in [3.63, 3.8) is 0 Å². The van der Waals surface area contributed by atoms with E-state index in [-0.39, 0.29) is 13.2 Å². The Morgan fingerprint density at radius 1 is 1.21 bits per heavy atom. The average Bonchev–Trinajstić information content (AvgIpc) is 2.33. The summed E-state index contributed by atoms with van der Waals surface area (Å²) in [5.41, 5.74) is 15.6. The van der Waals surface area contributed by atoms with Crippen LogP contribution in [0.3, 0.4) is 0 Å². The number of carbonyl (C=O) groups excluding carboxylic acids is 1. The third-order valence-corrected chi connectivity index (χ3v) is 3.32. The molecule has 0 aliphatic heterocycles. The van der Waals surface area contributed by atoms with Gasteiger partial charge in [-0.25, -0.2) is 0 Å². The molecule has 112 valence electrons. The van der Waals surface area contributed by atoms with Crippen molar-refractivity contribution in [2.45, 2.75) is 24.6 Å². The molecule has 3 unspecified atom stereocenters. The highest BCUT2D eigenvalue weighted by molar-refractivity contribution is 7.99. The van der Waals surface area contributed by atoms with Gasteiger partial charge in [-0.15, -0.1) is 0 Å². The summed E-state index contributed by atoms with van der Waals surface area (Å²) in [6.07, 6.45) is -0.383. The summed E-state index contributed by atoms with van der Waals surface area (Å²) in [5.74, 6) is -0.778. The van der Waals surface area contributed by atoms with Crippen molar-refractivity contribution in [3.05, 3.63) is 0 Å². The van der Waals surface area contributed by atoms with Gasteiger partial charge in [0.05, 0.1) is 19.3 Å². The number of hydrogen-bond acceptors (Lipinski definition) is 7. The highest BCUT2D eigenvalue weighted by atomic mass is 32.2. The van der Waals surface area contributed by atoms with E-state index < -0.39 is 30.1 Å². The smallest absolute Gasteiger partial charge is 0.320 e. The number of carbonyl (C=O) groups is 2. The fraction of sp³-hybridized carbons (Fsp3) is 0.800. The van der Waals surface area contributed by atoms with Crippen LogP contribution < -0.4 is 17.2 Å². The van der Waals surface area contributed by atoms with Crippen LogP contribution in [0.4, 0.5) is 0 Å². The van der Waals surface area contributed by atoms with Crippen molar-refractivity contribution in [1.82, 2.24) is 0 Å². The van der Waals surface area contributed by atoms with Crippen LogP contribution in [0, 0.1) is 0 Å². The maximum absolute atomic E-state index is 10.6. The SMILES string of the molecule is NC(=O)C(N)COCC(O)CSCCC(N)C(=O)O. The quantitative estimate of drug-likeness (QED) is 0.266. The van der Waals surface area contributed by atoms with Crippen molar-refractivity contribution >= 4 is 23.6 Å². The Kier molecular flexibility index (Phi) is 9.53. The molecule has 0 aromatic carbocycles. The summed E-state index contributed by atoms with van der Waals surface area (Å²) in [7, 11) is 0. The molecule has 0 heterocycles. The monoisotopic (exact) mass is 295 g/mol. The van der Waals surface area contributed by atoms with Gasteiger partial charge < -0.3 is 32.2 Å². The first-order chi connectivity index (χ1) is 8.84. The lowest BCUT2D eigenvalue weighted by atomic mass is 10.2. The standard InChI is InChI=1S/C10H21N3O5S/c11-7(10(16)17)1-2-19-5-6(14)3-18-4-8(12)9(13)15/h6-8,14H,1-5,11-12H2,(H2,13,15)(H,16,17). The maximum atomic E-state index is 10.6. The van der Waals surface area contributed by atoms with Crippen LogP contribution in [-0.4, -0.2) is 65.0 Å². The van der Waals surface area contributed by atoms with Crippen LogP contribution in [-0.2, 0) is 14.3 Å². The number of amides is 1. The van der Waals surface area contributed by atoms with Gasteiger partial charge >= 0.3 is 5.97 Å². The molecular weight excluding hydrogens is 274 g/mol. The molecule has 0 fully saturated rings. The number of carboxylic acid groups (broad SMARTS) is 1. The Morgan fingerprint density at radius 2 is 1.84 bits per heavy atom. The number of aliphatic hydroxyl groups excluding tert-OH is 1. The lowest BCUT2D eigenvalue weighted by Gasteiger charge is -2.13. The molecule has 0 aliphatic rings. The van der Waals surface area contributed by atoms with Gasteiger partial charge in [-0.1, -0.05) is 0 Å². The Hall–Kier alpha value is -0.870. The molecule has 0 radical (unpaired) electrons. The maximum Gasteiger partial charge on any atom is 0.320 e. The van der Waals surface area contributed by atoms with E-state index in [1.165, 1.54) is 11.8 Å². The first-order valence-electron chi connectivity index (χ1n) is 5.71. The van der Waals surface area contributed by atoms with Crippen LogP contribution >= 0.6 is 11.8 Å². The molecule has 1 amide bonds. The number of nitrogens with two attached hydrogens (primary N) is 3. The number of aliphatic carboxylic acids is 1. The van der Waals surface area contributed by atoms with Gasteiger partial charge in [0.15, 0.2) is 0 Å². The van der Waals surface area contributed by atoms with Crippen LogP contribution in [0.5, 0.6) is 0 Å². The lowest BCUT2D eigenvalue weighted by Crippen LogP contribution is -2.40. The second-order valence-electron chi connectivity index (χ2n) is 4.01. The number of thioether (sulfide) groups is 1. The molecule has 0 aliphatic carbocycles. The minimum absolute atomic E-state index is 0.0406. The third kappa shape index (κ3) is 9.68. The predicted octanol–water partition coefficient (Wildman–Crippen LogP) is -2.29. The fourth-order valence-electron chi connectivity index (χ4n) is 1.01. The Bertz CT molecular complexity index is 292. The highest BCUT2D eigenvalue weighted by Gasteiger charge is 2.13. The summed E-state index contributed by atoms with van der Waals surface area (Å²) in [6, 6.07) is -1.76. The zero-order valence-electron chi connectivity index (χ0n) is 10.5. The molecular formula is C10H21N3O5S. The molecule has 0 spiro atoms. The van der Waals surface area contributed by atoms with Crippen molar-refractivity contribution in [2.24, 2.45) is 17.2 Å². The van der Waals surface area contributed by atoms with Gasteiger partial charge in [-0.05, 0) is 12.2 Å². The molecule has 0 bridgehead atoms. The summed E-state index contributed by atoms with van der Waals surface area (Å²) < 4.78 is 5.03. The second-order valence-corrected chi connectivity index (χ2v) is 5.16. The average molecular weight is 295 g/mol. The van der Waals surface area contributed by atoms with Gasteiger partial charge in [-0.3, -0.25) is 9.59 Å². The molecule has 19 heavy (non-hydrogen) atoms. The largest absolute Gasteiger partial charge is 0.480 e. The zero-order valence-corrected chi connectivity index (χ0v) is 11.3. The number of aliphatic hydroxyl groups is 1. The molecule has 0 aromatic heterocycles. The molecule has 9 heteroatoms. The zero-order chi connectivity index (χ0) is 14.8. The minimum Gasteiger partial charge on any atom is -0.480 e. The van der Waals surface area contributed by atoms with Crippen LogP contribution in [0.1, 0.15) is 6.42 Å². The first kappa shape index (κ1) is 18.1. The number of carboxylic acids is 1. The third-order valence-electron chi connectivity index (χ3n) is 2.17. The van der Waals surface area contributed by atoms with E-state index in [0.29, 0.717) is 17.9 Å². The molecule has 0 aromatic rings.